The van der Waals surface area contributed by atoms with Crippen molar-refractivity contribution in [1.29, 1.82) is 0 Å². The Morgan fingerprint density at radius 1 is 1.43 bits per heavy atom. The van der Waals surface area contributed by atoms with E-state index in [0.717, 1.165) is 19.1 Å². The molecule has 4 atom stereocenters. The molecule has 0 saturated heterocycles. The summed E-state index contributed by atoms with van der Waals surface area (Å²) < 4.78 is 0. The summed E-state index contributed by atoms with van der Waals surface area (Å²) in [6, 6.07) is 0. The molecule has 0 bridgehead atoms. The van der Waals surface area contributed by atoms with Crippen molar-refractivity contribution in [2.45, 2.75) is 39.2 Å². The summed E-state index contributed by atoms with van der Waals surface area (Å²) in [4.78, 5) is 10.2. The minimum Gasteiger partial charge on any atom is -0.393 e. The van der Waals surface area contributed by atoms with E-state index in [1.807, 2.05) is 6.08 Å². The first kappa shape index (κ1) is 11.4. The molecule has 1 N–H and O–H groups in total. The van der Waals surface area contributed by atoms with Gasteiger partial charge in [0.25, 0.3) is 0 Å². The number of aldehydes is 1. The number of aliphatic hydroxyl groups excluding tert-OH is 1. The average Bonchev–Trinajstić information content (AvgIpc) is 2.18. The van der Waals surface area contributed by atoms with Crippen LogP contribution in [0, 0.1) is 17.8 Å². The Balaban J connectivity index is 2.45. The number of aliphatic hydroxyl groups is 1. The smallest absolute Gasteiger partial charge is 0.142 e. The lowest BCUT2D eigenvalue weighted by atomic mass is 9.75. The number of allylic oxidation sites excluding steroid dienone is 2. The molecule has 2 nitrogen and oxygen atoms in total. The van der Waals surface area contributed by atoms with Gasteiger partial charge in [0.2, 0.25) is 0 Å². The molecule has 80 valence electrons. The van der Waals surface area contributed by atoms with Gasteiger partial charge in [-0.25, -0.2) is 0 Å². The lowest BCUT2D eigenvalue weighted by Crippen LogP contribution is -2.29. The van der Waals surface area contributed by atoms with E-state index in [1.165, 1.54) is 6.42 Å². The molecule has 1 unspecified atom stereocenters. The quantitative estimate of drug-likeness (QED) is 0.555. The van der Waals surface area contributed by atoms with Gasteiger partial charge in [0.1, 0.15) is 6.29 Å². The van der Waals surface area contributed by atoms with Crippen LogP contribution in [0.1, 0.15) is 33.1 Å². The summed E-state index contributed by atoms with van der Waals surface area (Å²) in [6.07, 6.45) is 7.33. The second-order valence-electron chi connectivity index (χ2n) is 4.50. The number of carbonyl (C=O) groups is 1. The Morgan fingerprint density at radius 3 is 2.71 bits per heavy atom. The third-order valence-corrected chi connectivity index (χ3v) is 3.43. The molecule has 0 aliphatic heterocycles. The Hall–Kier alpha value is -0.630. The highest BCUT2D eigenvalue weighted by molar-refractivity contribution is 5.64. The standard InChI is InChI=1S/C12H20O2/c1-9(4-3-7-13)11-6-5-10(2)12(14)8-11/h3-4,7,9-12,14H,5-6,8H2,1-2H3/b4-3+/t9?,10-,11-,12-/m0/s1. The normalized spacial score (nSPS) is 35.8. The van der Waals surface area contributed by atoms with Crippen molar-refractivity contribution in [3.8, 4) is 0 Å². The van der Waals surface area contributed by atoms with Gasteiger partial charge >= 0.3 is 0 Å². The zero-order chi connectivity index (χ0) is 10.6. The van der Waals surface area contributed by atoms with Crippen molar-refractivity contribution in [2.75, 3.05) is 0 Å². The highest BCUT2D eigenvalue weighted by Crippen LogP contribution is 2.33. The first-order valence-corrected chi connectivity index (χ1v) is 5.45. The predicted octanol–water partition coefficient (Wildman–Crippen LogP) is 2.17. The molecule has 1 aliphatic rings. The molecule has 0 aromatic carbocycles. The van der Waals surface area contributed by atoms with Crippen molar-refractivity contribution < 1.29 is 9.90 Å². The lowest BCUT2D eigenvalue weighted by Gasteiger charge is -2.33. The number of carbonyl (C=O) groups excluding carboxylic acids is 1. The van der Waals surface area contributed by atoms with Crippen LogP contribution in [0.15, 0.2) is 12.2 Å². The first-order valence-electron chi connectivity index (χ1n) is 5.45. The summed E-state index contributed by atoms with van der Waals surface area (Å²) >= 11 is 0. The van der Waals surface area contributed by atoms with Gasteiger partial charge in [-0.2, -0.15) is 0 Å². The largest absolute Gasteiger partial charge is 0.393 e. The molecular weight excluding hydrogens is 176 g/mol. The molecule has 1 aliphatic carbocycles. The van der Waals surface area contributed by atoms with Gasteiger partial charge in [-0.15, -0.1) is 0 Å². The summed E-state index contributed by atoms with van der Waals surface area (Å²) in [7, 11) is 0. The second kappa shape index (κ2) is 5.30. The number of rotatable bonds is 3. The minimum atomic E-state index is -0.152. The van der Waals surface area contributed by atoms with Gasteiger partial charge in [-0.1, -0.05) is 19.9 Å². The van der Waals surface area contributed by atoms with E-state index in [9.17, 15) is 9.90 Å². The highest BCUT2D eigenvalue weighted by Gasteiger charge is 2.28. The Labute approximate surface area is 86.0 Å². The summed E-state index contributed by atoms with van der Waals surface area (Å²) in [6.45, 7) is 4.22. The van der Waals surface area contributed by atoms with E-state index in [2.05, 4.69) is 13.8 Å². The zero-order valence-electron chi connectivity index (χ0n) is 9.02. The maximum atomic E-state index is 10.2. The van der Waals surface area contributed by atoms with Crippen LogP contribution in [-0.2, 0) is 4.79 Å². The molecule has 14 heavy (non-hydrogen) atoms. The van der Waals surface area contributed by atoms with Crippen LogP contribution in [0.5, 0.6) is 0 Å². The average molecular weight is 196 g/mol. The van der Waals surface area contributed by atoms with Crippen molar-refractivity contribution in [1.82, 2.24) is 0 Å². The van der Waals surface area contributed by atoms with E-state index in [4.69, 9.17) is 0 Å². The van der Waals surface area contributed by atoms with E-state index < -0.39 is 0 Å². The van der Waals surface area contributed by atoms with E-state index >= 15 is 0 Å². The van der Waals surface area contributed by atoms with Crippen molar-refractivity contribution >= 4 is 6.29 Å². The molecule has 0 aromatic heterocycles. The molecule has 0 heterocycles. The monoisotopic (exact) mass is 196 g/mol. The van der Waals surface area contributed by atoms with Gasteiger partial charge in [0, 0.05) is 0 Å². The number of hydrogen-bond acceptors (Lipinski definition) is 2. The molecule has 0 amide bonds. The van der Waals surface area contributed by atoms with Crippen LogP contribution in [0.3, 0.4) is 0 Å². The summed E-state index contributed by atoms with van der Waals surface area (Å²) in [5.41, 5.74) is 0. The van der Waals surface area contributed by atoms with Crippen molar-refractivity contribution in [2.24, 2.45) is 17.8 Å². The molecule has 0 spiro atoms. The van der Waals surface area contributed by atoms with Crippen LogP contribution in [0.25, 0.3) is 0 Å². The summed E-state index contributed by atoms with van der Waals surface area (Å²) in [5, 5.41) is 9.73. The number of hydrogen-bond donors (Lipinski definition) is 1. The maximum absolute atomic E-state index is 10.2. The summed E-state index contributed by atoms with van der Waals surface area (Å²) in [5.74, 6) is 1.38. The van der Waals surface area contributed by atoms with Crippen LogP contribution in [-0.4, -0.2) is 17.5 Å². The van der Waals surface area contributed by atoms with Crippen LogP contribution >= 0.6 is 0 Å². The van der Waals surface area contributed by atoms with Crippen LogP contribution in [0.2, 0.25) is 0 Å². The van der Waals surface area contributed by atoms with Gasteiger partial charge in [-0.3, -0.25) is 4.79 Å². The molecule has 1 saturated carbocycles. The fourth-order valence-corrected chi connectivity index (χ4v) is 2.18. The van der Waals surface area contributed by atoms with Crippen LogP contribution in [0.4, 0.5) is 0 Å². The fourth-order valence-electron chi connectivity index (χ4n) is 2.18. The van der Waals surface area contributed by atoms with Gasteiger partial charge in [-0.05, 0) is 43.1 Å². The predicted molar refractivity (Wildman–Crippen MR) is 56.9 cm³/mol. The topological polar surface area (TPSA) is 37.3 Å². The van der Waals surface area contributed by atoms with E-state index in [0.29, 0.717) is 17.8 Å². The molecule has 0 aromatic rings. The third-order valence-electron chi connectivity index (χ3n) is 3.43. The fraction of sp³-hybridized carbons (Fsp3) is 0.750. The Kier molecular flexibility index (Phi) is 4.33. The molecule has 0 radical (unpaired) electrons. The van der Waals surface area contributed by atoms with Crippen molar-refractivity contribution in [3.63, 3.8) is 0 Å². The van der Waals surface area contributed by atoms with Crippen molar-refractivity contribution in [3.05, 3.63) is 12.2 Å². The third kappa shape index (κ3) is 2.95. The van der Waals surface area contributed by atoms with Gasteiger partial charge < -0.3 is 5.11 Å². The van der Waals surface area contributed by atoms with Crippen LogP contribution < -0.4 is 0 Å². The lowest BCUT2D eigenvalue weighted by molar-refractivity contribution is -0.104. The minimum absolute atomic E-state index is 0.152. The SMILES string of the molecule is CC(/C=C/C=O)[C@H]1CC[C@H](C)[C@@H](O)C1. The van der Waals surface area contributed by atoms with E-state index in [-0.39, 0.29) is 6.10 Å². The molecule has 1 rings (SSSR count). The van der Waals surface area contributed by atoms with E-state index in [1.54, 1.807) is 6.08 Å². The Morgan fingerprint density at radius 2 is 2.14 bits per heavy atom. The maximum Gasteiger partial charge on any atom is 0.142 e. The molecule has 2 heteroatoms. The Bertz CT molecular complexity index is 210. The molecule has 1 fully saturated rings. The first-order chi connectivity index (χ1) is 6.65. The van der Waals surface area contributed by atoms with Gasteiger partial charge in [0.15, 0.2) is 0 Å². The highest BCUT2D eigenvalue weighted by atomic mass is 16.3. The second-order valence-corrected chi connectivity index (χ2v) is 4.50. The molecular formula is C12H20O2. The zero-order valence-corrected chi connectivity index (χ0v) is 9.02. The van der Waals surface area contributed by atoms with Gasteiger partial charge in [0.05, 0.1) is 6.10 Å².